The number of sulfonamides is 1. The van der Waals surface area contributed by atoms with Crippen LogP contribution in [0.2, 0.25) is 5.02 Å². The second-order valence-electron chi connectivity index (χ2n) is 7.34. The van der Waals surface area contributed by atoms with E-state index in [0.717, 1.165) is 4.31 Å². The highest BCUT2D eigenvalue weighted by Crippen LogP contribution is 2.34. The van der Waals surface area contributed by atoms with E-state index in [9.17, 15) is 23.3 Å². The summed E-state index contributed by atoms with van der Waals surface area (Å²) < 4.78 is 38.8. The van der Waals surface area contributed by atoms with Crippen molar-refractivity contribution < 1.29 is 27.6 Å². The van der Waals surface area contributed by atoms with Crippen LogP contribution in [-0.4, -0.2) is 40.0 Å². The molecule has 0 aliphatic carbocycles. The molecule has 0 saturated heterocycles. The van der Waals surface area contributed by atoms with Gasteiger partial charge in [-0.3, -0.25) is 19.2 Å². The maximum absolute atomic E-state index is 13.8. The van der Waals surface area contributed by atoms with Crippen molar-refractivity contribution in [2.24, 2.45) is 0 Å². The first kappa shape index (κ1) is 25.8. The molecule has 1 N–H and O–H groups in total. The van der Waals surface area contributed by atoms with Gasteiger partial charge in [-0.25, -0.2) is 8.42 Å². The lowest BCUT2D eigenvalue weighted by Gasteiger charge is -2.25. The Bertz CT molecular complexity index is 1380. The Labute approximate surface area is 207 Å². The van der Waals surface area contributed by atoms with E-state index in [0.29, 0.717) is 11.3 Å². The Morgan fingerprint density at radius 1 is 1.06 bits per heavy atom. The molecule has 3 aromatic carbocycles. The summed E-state index contributed by atoms with van der Waals surface area (Å²) in [6.45, 7) is 1.08. The van der Waals surface area contributed by atoms with Crippen LogP contribution in [0.25, 0.3) is 0 Å². The van der Waals surface area contributed by atoms with Crippen LogP contribution >= 0.6 is 11.6 Å². The van der Waals surface area contributed by atoms with Crippen molar-refractivity contribution in [3.63, 3.8) is 0 Å². The zero-order valence-corrected chi connectivity index (χ0v) is 20.6. The number of carbonyl (C=O) groups excluding carboxylic acids is 1. The number of non-ortho nitro benzene ring substituents is 1. The van der Waals surface area contributed by atoms with Gasteiger partial charge in [0, 0.05) is 17.8 Å². The Hall–Kier alpha value is -3.83. The number of nitro groups is 1. The minimum absolute atomic E-state index is 0.0966. The number of ether oxygens (including phenoxy) is 2. The van der Waals surface area contributed by atoms with Gasteiger partial charge in [0.1, 0.15) is 22.9 Å². The molecule has 0 aliphatic rings. The number of hydrogen-bond acceptors (Lipinski definition) is 7. The van der Waals surface area contributed by atoms with Crippen LogP contribution in [0.5, 0.6) is 11.5 Å². The minimum Gasteiger partial charge on any atom is -0.495 e. The standard InChI is InChI=1S/C23H22ClN3O7S/c1-15-7-9-21(34-3)22(11-15)35(31,32)26(17-8-10-20(33-2)19(24)13-17)14-23(28)25-16-5-4-6-18(12-16)27(29)30/h4-13H,14H2,1-3H3,(H,25,28). The quantitative estimate of drug-likeness (QED) is 0.327. The van der Waals surface area contributed by atoms with Crippen molar-refractivity contribution >= 4 is 44.6 Å². The number of nitrogens with one attached hydrogen (secondary N) is 1. The van der Waals surface area contributed by atoms with Gasteiger partial charge >= 0.3 is 0 Å². The average Bonchev–Trinajstić information content (AvgIpc) is 2.82. The lowest BCUT2D eigenvalue weighted by atomic mass is 10.2. The highest BCUT2D eigenvalue weighted by molar-refractivity contribution is 7.93. The molecule has 0 bridgehead atoms. The topological polar surface area (TPSA) is 128 Å². The SMILES string of the molecule is COc1ccc(N(CC(=O)Nc2cccc([N+](=O)[O-])c2)S(=O)(=O)c2cc(C)ccc2OC)cc1Cl. The number of aryl methyl sites for hydroxylation is 1. The first-order chi connectivity index (χ1) is 16.6. The Kier molecular flexibility index (Phi) is 7.82. The van der Waals surface area contributed by atoms with Gasteiger partial charge < -0.3 is 14.8 Å². The Morgan fingerprint density at radius 2 is 1.74 bits per heavy atom. The van der Waals surface area contributed by atoms with Gasteiger partial charge in [-0.1, -0.05) is 23.7 Å². The molecular weight excluding hydrogens is 498 g/mol. The van der Waals surface area contributed by atoms with E-state index in [1.165, 1.54) is 68.8 Å². The first-order valence-electron chi connectivity index (χ1n) is 10.1. The van der Waals surface area contributed by atoms with Crippen LogP contribution in [0, 0.1) is 17.0 Å². The van der Waals surface area contributed by atoms with E-state index >= 15 is 0 Å². The summed E-state index contributed by atoms with van der Waals surface area (Å²) in [6, 6.07) is 14.2. The van der Waals surface area contributed by atoms with Gasteiger partial charge in [-0.15, -0.1) is 0 Å². The van der Waals surface area contributed by atoms with E-state index in [-0.39, 0.29) is 32.7 Å². The fourth-order valence-corrected chi connectivity index (χ4v) is 5.17. The summed E-state index contributed by atoms with van der Waals surface area (Å²) in [5.74, 6) is -0.311. The molecule has 10 nitrogen and oxygen atoms in total. The molecule has 0 aliphatic heterocycles. The zero-order chi connectivity index (χ0) is 25.8. The Balaban J connectivity index is 2.04. The van der Waals surface area contributed by atoms with Crippen molar-refractivity contribution in [2.75, 3.05) is 30.4 Å². The smallest absolute Gasteiger partial charge is 0.271 e. The molecule has 0 unspecified atom stereocenters. The summed E-state index contributed by atoms with van der Waals surface area (Å²) >= 11 is 6.23. The number of hydrogen-bond donors (Lipinski definition) is 1. The van der Waals surface area contributed by atoms with Crippen LogP contribution in [0.3, 0.4) is 0 Å². The molecule has 35 heavy (non-hydrogen) atoms. The lowest BCUT2D eigenvalue weighted by Crippen LogP contribution is -2.38. The summed E-state index contributed by atoms with van der Waals surface area (Å²) in [4.78, 5) is 23.2. The minimum atomic E-state index is -4.32. The number of anilines is 2. The molecule has 0 radical (unpaired) electrons. The summed E-state index contributed by atoms with van der Waals surface area (Å²) in [6.07, 6.45) is 0. The molecule has 0 fully saturated rings. The largest absolute Gasteiger partial charge is 0.495 e. The number of carbonyl (C=O) groups is 1. The third kappa shape index (κ3) is 5.81. The molecule has 0 heterocycles. The van der Waals surface area contributed by atoms with Gasteiger partial charge in [0.25, 0.3) is 15.7 Å². The highest BCUT2D eigenvalue weighted by atomic mass is 35.5. The molecule has 3 rings (SSSR count). The maximum atomic E-state index is 13.8. The summed E-state index contributed by atoms with van der Waals surface area (Å²) in [7, 11) is -1.57. The van der Waals surface area contributed by atoms with Crippen molar-refractivity contribution in [3.05, 3.63) is 81.4 Å². The van der Waals surface area contributed by atoms with E-state index in [1.54, 1.807) is 13.0 Å². The molecule has 1 amide bonds. The molecule has 3 aromatic rings. The van der Waals surface area contributed by atoms with Gasteiger partial charge in [0.05, 0.1) is 29.9 Å². The van der Waals surface area contributed by atoms with E-state index < -0.39 is 27.4 Å². The number of nitrogens with zero attached hydrogens (tertiary/aromatic N) is 2. The molecule has 0 atom stereocenters. The molecule has 0 saturated carbocycles. The molecule has 12 heteroatoms. The predicted octanol–water partition coefficient (Wildman–Crippen LogP) is 4.41. The monoisotopic (exact) mass is 519 g/mol. The third-order valence-electron chi connectivity index (χ3n) is 4.94. The fraction of sp³-hybridized carbons (Fsp3) is 0.174. The van der Waals surface area contributed by atoms with Crippen LogP contribution in [0.4, 0.5) is 17.1 Å². The highest BCUT2D eigenvalue weighted by Gasteiger charge is 2.31. The van der Waals surface area contributed by atoms with Gasteiger partial charge in [0.15, 0.2) is 0 Å². The maximum Gasteiger partial charge on any atom is 0.271 e. The average molecular weight is 520 g/mol. The van der Waals surface area contributed by atoms with Crippen molar-refractivity contribution in [3.8, 4) is 11.5 Å². The van der Waals surface area contributed by atoms with Crippen molar-refractivity contribution in [2.45, 2.75) is 11.8 Å². The van der Waals surface area contributed by atoms with E-state index in [1.807, 2.05) is 0 Å². The molecular formula is C23H22ClN3O7S. The van der Waals surface area contributed by atoms with Crippen LogP contribution in [0.15, 0.2) is 65.6 Å². The summed E-state index contributed by atoms with van der Waals surface area (Å²) in [5.41, 5.74) is 0.688. The first-order valence-corrected chi connectivity index (χ1v) is 11.9. The van der Waals surface area contributed by atoms with Crippen molar-refractivity contribution in [1.82, 2.24) is 0 Å². The number of amides is 1. The van der Waals surface area contributed by atoms with Gasteiger partial charge in [-0.05, 0) is 48.9 Å². The van der Waals surface area contributed by atoms with Crippen LogP contribution < -0.4 is 19.1 Å². The van der Waals surface area contributed by atoms with Gasteiger partial charge in [0.2, 0.25) is 5.91 Å². The van der Waals surface area contributed by atoms with E-state index in [2.05, 4.69) is 5.32 Å². The molecule has 0 aromatic heterocycles. The zero-order valence-electron chi connectivity index (χ0n) is 19.0. The number of nitro benzene ring substituents is 1. The predicted molar refractivity (Wildman–Crippen MR) is 132 cm³/mol. The molecule has 0 spiro atoms. The number of halogens is 1. The normalized spacial score (nSPS) is 11.0. The second kappa shape index (κ2) is 10.6. The van der Waals surface area contributed by atoms with Crippen LogP contribution in [0.1, 0.15) is 5.56 Å². The second-order valence-corrected chi connectivity index (χ2v) is 9.58. The summed E-state index contributed by atoms with van der Waals surface area (Å²) in [5, 5.41) is 13.7. The number of rotatable bonds is 9. The fourth-order valence-electron chi connectivity index (χ4n) is 3.26. The lowest BCUT2D eigenvalue weighted by molar-refractivity contribution is -0.384. The number of benzene rings is 3. The van der Waals surface area contributed by atoms with E-state index in [4.69, 9.17) is 21.1 Å². The van der Waals surface area contributed by atoms with Crippen molar-refractivity contribution in [1.29, 1.82) is 0 Å². The van der Waals surface area contributed by atoms with Crippen LogP contribution in [-0.2, 0) is 14.8 Å². The number of methoxy groups -OCH3 is 2. The van der Waals surface area contributed by atoms with Gasteiger partial charge in [-0.2, -0.15) is 0 Å². The Morgan fingerprint density at radius 3 is 2.37 bits per heavy atom. The third-order valence-corrected chi connectivity index (χ3v) is 7.03. The molecule has 184 valence electrons.